The molecule has 2 aromatic carbocycles. The topological polar surface area (TPSA) is 119 Å². The molecule has 0 saturated heterocycles. The summed E-state index contributed by atoms with van der Waals surface area (Å²) in [6.07, 6.45) is 12.9. The van der Waals surface area contributed by atoms with Crippen LogP contribution in [0.25, 0.3) is 0 Å². The van der Waals surface area contributed by atoms with E-state index < -0.39 is 21.9 Å². The summed E-state index contributed by atoms with van der Waals surface area (Å²) in [6.45, 7) is 4.69. The van der Waals surface area contributed by atoms with Crippen molar-refractivity contribution in [2.75, 3.05) is 51.2 Å². The van der Waals surface area contributed by atoms with Gasteiger partial charge in [-0.2, -0.15) is 0 Å². The van der Waals surface area contributed by atoms with Gasteiger partial charge in [0.1, 0.15) is 15.7 Å². The van der Waals surface area contributed by atoms with Crippen LogP contribution in [-0.2, 0) is 31.2 Å². The number of allylic oxidation sites excluding steroid dienone is 1. The van der Waals surface area contributed by atoms with Crippen molar-refractivity contribution in [1.29, 1.82) is 0 Å². The van der Waals surface area contributed by atoms with Gasteiger partial charge in [0.05, 0.1) is 30.8 Å². The van der Waals surface area contributed by atoms with Gasteiger partial charge in [-0.3, -0.25) is 9.52 Å². The molecule has 4 aliphatic carbocycles. The maximum atomic E-state index is 14.6. The van der Waals surface area contributed by atoms with E-state index in [9.17, 15) is 13.8 Å². The number of fused-ring (bicyclic) bond motifs is 5. The molecule has 286 valence electrons. The third-order valence-electron chi connectivity index (χ3n) is 13.4. The maximum Gasteiger partial charge on any atom is 0.327 e. The van der Waals surface area contributed by atoms with E-state index in [0.29, 0.717) is 48.7 Å². The van der Waals surface area contributed by atoms with Crippen molar-refractivity contribution < 1.29 is 28.0 Å². The minimum Gasteiger partial charge on any atom is -0.490 e. The van der Waals surface area contributed by atoms with E-state index in [2.05, 4.69) is 43.6 Å². The third kappa shape index (κ3) is 7.00. The lowest BCUT2D eigenvalue weighted by atomic mass is 9.45. The van der Waals surface area contributed by atoms with Gasteiger partial charge in [0.15, 0.2) is 0 Å². The number of nitrogens with one attached hydrogen (secondary N) is 2. The number of amides is 3. The molecule has 2 aliphatic heterocycles. The number of hydrogen-bond acceptors (Lipinski definition) is 7. The van der Waals surface area contributed by atoms with Crippen LogP contribution < -0.4 is 19.7 Å². The van der Waals surface area contributed by atoms with Crippen molar-refractivity contribution in [2.45, 2.75) is 82.3 Å². The molecule has 0 aromatic heterocycles. The number of urea groups is 1. The summed E-state index contributed by atoms with van der Waals surface area (Å²) in [5, 5.41) is 3.79. The fourth-order valence-electron chi connectivity index (χ4n) is 10.4. The number of rotatable bonds is 5. The predicted molar refractivity (Wildman–Crippen MR) is 207 cm³/mol. The molecule has 2 aromatic rings. The van der Waals surface area contributed by atoms with E-state index in [1.807, 2.05) is 25.1 Å². The van der Waals surface area contributed by atoms with Gasteiger partial charge in [-0.05, 0) is 123 Å². The van der Waals surface area contributed by atoms with E-state index in [4.69, 9.17) is 25.8 Å². The molecule has 53 heavy (non-hydrogen) atoms. The second-order valence-electron chi connectivity index (χ2n) is 16.8. The van der Waals surface area contributed by atoms with Crippen molar-refractivity contribution in [3.05, 3.63) is 70.3 Å². The molecule has 3 unspecified atom stereocenters. The Hall–Kier alpha value is -3.12. The molecule has 2 N–H and O–H groups in total. The van der Waals surface area contributed by atoms with Crippen LogP contribution in [0.4, 0.5) is 10.5 Å². The Balaban J connectivity index is 1.13. The SMILES string of the molecule is COCC12CCC1C(NC(=O)N[S@@]1(=O)=NC(=O)c3ccc4c(c3)N(C[C@@H]3CC[C@H]3[C@@H](OC)/C=C/C[C@H](C)C1)C[C@@]1(CCCc3cc(Cl)ccc31)CO4)C2. The van der Waals surface area contributed by atoms with Gasteiger partial charge in [0.25, 0.3) is 5.91 Å². The monoisotopic (exact) mass is 764 g/mol. The molecule has 8 rings (SSSR count). The van der Waals surface area contributed by atoms with Gasteiger partial charge in [-0.1, -0.05) is 36.7 Å². The number of methoxy groups -OCH3 is 2. The first-order chi connectivity index (χ1) is 25.5. The Morgan fingerprint density at radius 3 is 2.75 bits per heavy atom. The molecule has 3 amide bonds. The quantitative estimate of drug-likeness (QED) is 0.313. The minimum absolute atomic E-state index is 0.0163. The summed E-state index contributed by atoms with van der Waals surface area (Å²) < 4.78 is 39.8. The fourth-order valence-corrected chi connectivity index (χ4v) is 12.4. The third-order valence-corrected chi connectivity index (χ3v) is 15.6. The Labute approximate surface area is 319 Å². The fraction of sp³-hybridized carbons (Fsp3) is 0.610. The van der Waals surface area contributed by atoms with Gasteiger partial charge in [0.2, 0.25) is 0 Å². The van der Waals surface area contributed by atoms with Gasteiger partial charge in [0, 0.05) is 54.8 Å². The van der Waals surface area contributed by atoms with Crippen LogP contribution in [0.3, 0.4) is 0 Å². The lowest BCUT2D eigenvalue weighted by molar-refractivity contribution is -0.142. The van der Waals surface area contributed by atoms with Gasteiger partial charge >= 0.3 is 6.03 Å². The smallest absolute Gasteiger partial charge is 0.327 e. The molecule has 12 heteroatoms. The van der Waals surface area contributed by atoms with Crippen molar-refractivity contribution in [3.63, 3.8) is 0 Å². The molecular weight excluding hydrogens is 712 g/mol. The Morgan fingerprint density at radius 2 is 2.02 bits per heavy atom. The zero-order valence-electron chi connectivity index (χ0n) is 31.1. The molecule has 3 saturated carbocycles. The van der Waals surface area contributed by atoms with Crippen molar-refractivity contribution in [1.82, 2.24) is 10.0 Å². The summed E-state index contributed by atoms with van der Waals surface area (Å²) in [5.41, 5.74) is 3.58. The van der Waals surface area contributed by atoms with Crippen LogP contribution in [0.2, 0.25) is 5.02 Å². The number of hydrogen-bond donors (Lipinski definition) is 2. The highest BCUT2D eigenvalue weighted by molar-refractivity contribution is 7.92. The number of carbonyl (C=O) groups excluding carboxylic acids is 2. The molecule has 0 radical (unpaired) electrons. The zero-order chi connectivity index (χ0) is 37.0. The summed E-state index contributed by atoms with van der Waals surface area (Å²) in [5.74, 6) is 1.10. The number of ether oxygens (including phenoxy) is 3. The zero-order valence-corrected chi connectivity index (χ0v) is 32.7. The highest BCUT2D eigenvalue weighted by Gasteiger charge is 2.60. The first-order valence-corrected chi connectivity index (χ1v) is 21.5. The minimum atomic E-state index is -3.49. The molecular formula is C41H53ClN4O6S. The Bertz CT molecular complexity index is 1910. The number of benzene rings is 2. The average Bonchev–Trinajstić information content (AvgIpc) is 3.24. The van der Waals surface area contributed by atoms with Gasteiger partial charge in [-0.15, -0.1) is 4.36 Å². The van der Waals surface area contributed by atoms with Crippen LogP contribution in [-0.4, -0.2) is 74.6 Å². The molecule has 3 fully saturated rings. The van der Waals surface area contributed by atoms with E-state index in [0.717, 1.165) is 75.2 Å². The number of nitrogens with zero attached hydrogens (tertiary/aromatic N) is 2. The molecule has 10 nitrogen and oxygen atoms in total. The average molecular weight is 765 g/mol. The second kappa shape index (κ2) is 14.5. The van der Waals surface area contributed by atoms with Crippen LogP contribution in [0.5, 0.6) is 5.75 Å². The largest absolute Gasteiger partial charge is 0.490 e. The summed E-state index contributed by atoms with van der Waals surface area (Å²) in [4.78, 5) is 29.9. The van der Waals surface area contributed by atoms with Crippen LogP contribution in [0.1, 0.15) is 79.8 Å². The molecule has 6 aliphatic rings. The Kier molecular flexibility index (Phi) is 10.1. The van der Waals surface area contributed by atoms with E-state index in [-0.39, 0.29) is 34.6 Å². The lowest BCUT2D eigenvalue weighted by Gasteiger charge is -2.63. The van der Waals surface area contributed by atoms with Crippen molar-refractivity contribution >= 4 is 39.1 Å². The van der Waals surface area contributed by atoms with Gasteiger partial charge in [-0.25, -0.2) is 9.00 Å². The Morgan fingerprint density at radius 1 is 1.15 bits per heavy atom. The number of anilines is 1. The number of halogens is 1. The first kappa shape index (κ1) is 36.8. The number of aryl methyl sites for hydroxylation is 1. The summed E-state index contributed by atoms with van der Waals surface area (Å²) in [6, 6.07) is 11.1. The predicted octanol–water partition coefficient (Wildman–Crippen LogP) is 7.09. The van der Waals surface area contributed by atoms with Crippen molar-refractivity contribution in [3.8, 4) is 5.75 Å². The van der Waals surface area contributed by atoms with Crippen LogP contribution in [0, 0.1) is 29.1 Å². The first-order valence-electron chi connectivity index (χ1n) is 19.4. The standard InChI is InChI=1S/C41H53ClN4O6S/c1-26-6-4-8-36(51-3)31-12-9-29(31)21-46-23-41(16-5-7-27-18-30(42)11-13-32(27)41)25-52-37-14-10-28(19-35(37)46)38(47)44-53(49,22-26)45-39(48)43-34-20-40(24-50-2)17-15-33(34)40/h4,8,10-11,13-14,18-19,26,29,31,33-34,36H,5-7,9,12,15-17,20-25H2,1-3H3,(H2,43,44,45,47,48,49)/b8-4+/t26-,29-,31+,33?,34?,36-,40?,41-,53-/m0/s1. The maximum absolute atomic E-state index is 14.6. The molecule has 2 heterocycles. The molecule has 1 spiro atoms. The number of carbonyl (C=O) groups is 2. The molecule has 2 bridgehead atoms. The van der Waals surface area contributed by atoms with Crippen molar-refractivity contribution in [2.24, 2.45) is 33.4 Å². The van der Waals surface area contributed by atoms with E-state index >= 15 is 0 Å². The van der Waals surface area contributed by atoms with Crippen LogP contribution in [0.15, 0.2) is 52.9 Å². The highest BCUT2D eigenvalue weighted by atomic mass is 35.5. The van der Waals surface area contributed by atoms with E-state index in [1.165, 1.54) is 11.1 Å². The lowest BCUT2D eigenvalue weighted by Crippen LogP contribution is -2.67. The summed E-state index contributed by atoms with van der Waals surface area (Å²) in [7, 11) is -0.00420. The van der Waals surface area contributed by atoms with E-state index in [1.54, 1.807) is 20.3 Å². The normalized spacial score (nSPS) is 36.8. The van der Waals surface area contributed by atoms with Gasteiger partial charge < -0.3 is 24.4 Å². The van der Waals surface area contributed by atoms with Crippen LogP contribution >= 0.6 is 11.6 Å². The molecule has 9 atom stereocenters. The summed E-state index contributed by atoms with van der Waals surface area (Å²) >= 11 is 6.47. The highest BCUT2D eigenvalue weighted by Crippen LogP contribution is 2.61. The second-order valence-corrected chi connectivity index (χ2v) is 19.2.